The molecule has 6 atom stereocenters. The van der Waals surface area contributed by atoms with E-state index in [2.05, 4.69) is 26.6 Å². The van der Waals surface area contributed by atoms with Crippen LogP contribution in [0.25, 0.3) is 0 Å². The number of nitrogens with two attached hydrogens (primary N) is 2. The second kappa shape index (κ2) is 14.7. The average Bonchev–Trinajstić information content (AvgIpc) is 3.46. The molecule has 1 unspecified atom stereocenters. The number of guanidine groups is 1. The number of nitrogens with one attached hydrogen (secondary N) is 2. The molecular formula is C36H51N7O8. The molecule has 15 nitrogen and oxygen atoms in total. The second-order valence-electron chi connectivity index (χ2n) is 14.5. The minimum Gasteiger partial charge on any atom is -0.493 e. The molecule has 1 spiro atoms. The van der Waals surface area contributed by atoms with Gasteiger partial charge in [0.05, 0.1) is 30.7 Å². The first kappa shape index (κ1) is 36.4. The molecule has 3 amide bonds. The van der Waals surface area contributed by atoms with Gasteiger partial charge in [-0.2, -0.15) is 0 Å². The Kier molecular flexibility index (Phi) is 10.5. The first-order valence-electron chi connectivity index (χ1n) is 18.0. The number of hydrogen-bond donors (Lipinski definition) is 5. The summed E-state index contributed by atoms with van der Waals surface area (Å²) in [5.74, 6) is -0.0603. The fourth-order valence-electron chi connectivity index (χ4n) is 9.00. The van der Waals surface area contributed by atoms with E-state index in [-0.39, 0.29) is 55.2 Å². The summed E-state index contributed by atoms with van der Waals surface area (Å²) in [6, 6.07) is 3.50. The number of nitrogens with zero attached hydrogens (tertiary/aromatic N) is 3. The molecule has 3 aliphatic heterocycles. The number of methoxy groups -OCH3 is 1. The first-order chi connectivity index (χ1) is 24.4. The van der Waals surface area contributed by atoms with Crippen LogP contribution in [0.5, 0.6) is 11.5 Å². The molecule has 5 aliphatic rings. The number of ether oxygens (including phenoxy) is 3. The molecule has 2 fully saturated rings. The highest BCUT2D eigenvalue weighted by molar-refractivity contribution is 5.89. The topological polar surface area (TPSA) is 211 Å². The molecule has 6 rings (SSSR count). The molecule has 278 valence electrons. The van der Waals surface area contributed by atoms with Crippen LogP contribution in [0, 0.1) is 5.92 Å². The van der Waals surface area contributed by atoms with Gasteiger partial charge in [0, 0.05) is 56.9 Å². The third kappa shape index (κ3) is 6.73. The van der Waals surface area contributed by atoms with E-state index in [1.807, 2.05) is 19.2 Å². The second-order valence-corrected chi connectivity index (χ2v) is 14.5. The molecule has 2 bridgehead atoms. The van der Waals surface area contributed by atoms with E-state index in [1.54, 1.807) is 12.0 Å². The van der Waals surface area contributed by atoms with Crippen molar-refractivity contribution in [3.8, 4) is 11.5 Å². The van der Waals surface area contributed by atoms with Crippen molar-refractivity contribution in [2.45, 2.75) is 93.9 Å². The SMILES string of the molecule is COc1ccc2c3c1O[C@H]1C(OC(=O)N4CCCCC4CNC(=O)[C@H](CCCN=C(N)N)CC(=O)CNC(C)=O)=CC[C@@]4(O)[C@@H](C2)N(C)CC[C@]314. The smallest absolute Gasteiger partial charge is 0.415 e. The van der Waals surface area contributed by atoms with Gasteiger partial charge >= 0.3 is 6.09 Å². The maximum Gasteiger partial charge on any atom is 0.415 e. The molecular weight excluding hydrogens is 658 g/mol. The van der Waals surface area contributed by atoms with Crippen LogP contribution < -0.4 is 31.6 Å². The number of carbonyl (C=O) groups excluding carboxylic acids is 4. The van der Waals surface area contributed by atoms with Gasteiger partial charge in [-0.15, -0.1) is 0 Å². The van der Waals surface area contributed by atoms with E-state index in [4.69, 9.17) is 25.7 Å². The van der Waals surface area contributed by atoms with Crippen molar-refractivity contribution in [3.63, 3.8) is 0 Å². The fourth-order valence-corrected chi connectivity index (χ4v) is 9.00. The Morgan fingerprint density at radius 3 is 2.73 bits per heavy atom. The Balaban J connectivity index is 1.16. The van der Waals surface area contributed by atoms with Crippen LogP contribution >= 0.6 is 0 Å². The Morgan fingerprint density at radius 1 is 1.18 bits per heavy atom. The number of rotatable bonds is 13. The highest BCUT2D eigenvalue weighted by atomic mass is 16.6. The van der Waals surface area contributed by atoms with Gasteiger partial charge in [-0.25, -0.2) is 4.79 Å². The lowest BCUT2D eigenvalue weighted by Crippen LogP contribution is -2.74. The Morgan fingerprint density at radius 2 is 1.98 bits per heavy atom. The maximum absolute atomic E-state index is 14.0. The van der Waals surface area contributed by atoms with Gasteiger partial charge in [-0.1, -0.05) is 6.07 Å². The number of aliphatic imine (C=N–C) groups is 1. The van der Waals surface area contributed by atoms with Gasteiger partial charge in [-0.05, 0) is 76.2 Å². The third-order valence-electron chi connectivity index (χ3n) is 11.5. The molecule has 0 radical (unpaired) electrons. The molecule has 0 saturated carbocycles. The van der Waals surface area contributed by atoms with Gasteiger partial charge < -0.3 is 51.2 Å². The summed E-state index contributed by atoms with van der Waals surface area (Å²) in [4.78, 5) is 59.2. The third-order valence-corrected chi connectivity index (χ3v) is 11.5. The summed E-state index contributed by atoms with van der Waals surface area (Å²) in [6.45, 7) is 2.86. The highest BCUT2D eigenvalue weighted by Crippen LogP contribution is 2.65. The quantitative estimate of drug-likeness (QED) is 0.110. The number of amides is 3. The predicted octanol–water partition coefficient (Wildman–Crippen LogP) is 0.845. The number of carbonyl (C=O) groups is 4. The number of Topliss-reactive ketones (excluding diaryl/α,β-unsaturated/α-hetero) is 1. The van der Waals surface area contributed by atoms with E-state index >= 15 is 0 Å². The summed E-state index contributed by atoms with van der Waals surface area (Å²) in [7, 11) is 3.64. The highest BCUT2D eigenvalue weighted by Gasteiger charge is 2.72. The van der Waals surface area contributed by atoms with E-state index in [1.165, 1.54) is 6.92 Å². The van der Waals surface area contributed by atoms with Gasteiger partial charge in [0.1, 0.15) is 5.76 Å². The molecule has 51 heavy (non-hydrogen) atoms. The predicted molar refractivity (Wildman–Crippen MR) is 187 cm³/mol. The van der Waals surface area contributed by atoms with Crippen LogP contribution in [0.2, 0.25) is 0 Å². The fraction of sp³-hybridized carbons (Fsp3) is 0.639. The summed E-state index contributed by atoms with van der Waals surface area (Å²) in [5, 5.41) is 18.0. The number of piperidine rings is 2. The molecule has 15 heteroatoms. The van der Waals surface area contributed by atoms with Gasteiger partial charge in [-0.3, -0.25) is 19.4 Å². The summed E-state index contributed by atoms with van der Waals surface area (Å²) >= 11 is 0. The lowest BCUT2D eigenvalue weighted by Gasteiger charge is -2.61. The molecule has 1 aromatic rings. The van der Waals surface area contributed by atoms with E-state index in [0.29, 0.717) is 68.9 Å². The number of benzene rings is 1. The number of ketones is 1. The van der Waals surface area contributed by atoms with Crippen LogP contribution in [0.3, 0.4) is 0 Å². The average molecular weight is 710 g/mol. The molecule has 7 N–H and O–H groups in total. The lowest BCUT2D eigenvalue weighted by molar-refractivity contribution is -0.163. The maximum atomic E-state index is 14.0. The zero-order valence-electron chi connectivity index (χ0n) is 29.7. The molecule has 3 heterocycles. The van der Waals surface area contributed by atoms with Crippen molar-refractivity contribution in [3.05, 3.63) is 35.1 Å². The number of likely N-dealkylation sites (N-methyl/N-ethyl adjacent to an activating group) is 1. The van der Waals surface area contributed by atoms with Crippen LogP contribution in [0.1, 0.15) is 69.4 Å². The molecule has 0 aromatic heterocycles. The van der Waals surface area contributed by atoms with Gasteiger partial charge in [0.25, 0.3) is 0 Å². The van der Waals surface area contributed by atoms with E-state index in [0.717, 1.165) is 30.5 Å². The minimum atomic E-state index is -1.12. The lowest BCUT2D eigenvalue weighted by atomic mass is 9.50. The number of hydrogen-bond acceptors (Lipinski definition) is 10. The van der Waals surface area contributed by atoms with Crippen molar-refractivity contribution in [2.24, 2.45) is 22.4 Å². The Labute approximate surface area is 298 Å². The molecule has 2 saturated heterocycles. The number of likely N-dealkylation sites (tertiary alicyclic amines) is 2. The Bertz CT molecular complexity index is 1610. The standard InChI is InChI=1S/C36H51N7O8/c1-21(44)40-20-25(45)17-23(7-6-14-39-33(37)38)32(46)41-19-24-8-4-5-15-43(24)34(47)50-27-11-12-36(48)28-18-22-9-10-26(49-3)30-29(22)35(36,31(27)51-30)13-16-42(28)2/h9-11,23-24,28,31,48H,4-8,12-20H2,1-3H3,(H,40,44)(H,41,46)(H4,37,38,39)/t23-,24?,28-,31+,35+,36-/m1/s1. The first-order valence-corrected chi connectivity index (χ1v) is 18.0. The monoisotopic (exact) mass is 709 g/mol. The van der Waals surface area contributed by atoms with Crippen LogP contribution in [-0.2, 0) is 31.0 Å². The van der Waals surface area contributed by atoms with Gasteiger partial charge in [0.15, 0.2) is 29.3 Å². The number of aliphatic hydroxyl groups is 1. The summed E-state index contributed by atoms with van der Waals surface area (Å²) in [6.07, 6.45) is 5.29. The van der Waals surface area contributed by atoms with Crippen molar-refractivity contribution >= 4 is 29.7 Å². The van der Waals surface area contributed by atoms with Crippen molar-refractivity contribution < 1.29 is 38.5 Å². The summed E-state index contributed by atoms with van der Waals surface area (Å²) in [5.41, 5.74) is 11.0. The van der Waals surface area contributed by atoms with Crippen LogP contribution in [-0.4, -0.2) is 115 Å². The zero-order valence-corrected chi connectivity index (χ0v) is 29.7. The largest absolute Gasteiger partial charge is 0.493 e. The van der Waals surface area contributed by atoms with Crippen molar-refractivity contribution in [1.29, 1.82) is 0 Å². The summed E-state index contributed by atoms with van der Waals surface area (Å²) < 4.78 is 18.6. The normalized spacial score (nSPS) is 28.0. The zero-order chi connectivity index (χ0) is 36.5. The minimum absolute atomic E-state index is 0.0517. The molecule has 1 aromatic carbocycles. The van der Waals surface area contributed by atoms with Crippen LogP contribution in [0.4, 0.5) is 4.79 Å². The molecule has 2 aliphatic carbocycles. The Hall–Kier alpha value is -4.37. The van der Waals surface area contributed by atoms with Crippen LogP contribution in [0.15, 0.2) is 29.0 Å². The van der Waals surface area contributed by atoms with Gasteiger partial charge in [0.2, 0.25) is 11.8 Å². The van der Waals surface area contributed by atoms with E-state index < -0.39 is 29.1 Å². The van der Waals surface area contributed by atoms with Crippen molar-refractivity contribution in [2.75, 3.05) is 46.9 Å². The van der Waals surface area contributed by atoms with E-state index in [9.17, 15) is 24.3 Å². The van der Waals surface area contributed by atoms with Crippen molar-refractivity contribution in [1.82, 2.24) is 20.4 Å².